The Morgan fingerprint density at radius 1 is 1.41 bits per heavy atom. The van der Waals surface area contributed by atoms with Crippen LogP contribution in [0, 0.1) is 0 Å². The van der Waals surface area contributed by atoms with Crippen molar-refractivity contribution >= 4 is 33.5 Å². The molecule has 0 amide bonds. The molecule has 1 heterocycles. The minimum absolute atomic E-state index is 0.106. The SMILES string of the molecule is CC(OS(N)(=O)=O)C(O)c1c(Cl)cncc1Cl. The summed E-state index contributed by atoms with van der Waals surface area (Å²) in [6.07, 6.45) is 0.0874. The van der Waals surface area contributed by atoms with E-state index in [1.165, 1.54) is 19.3 Å². The van der Waals surface area contributed by atoms with Crippen molar-refractivity contribution in [2.45, 2.75) is 19.1 Å². The number of aromatic nitrogens is 1. The molecule has 2 atom stereocenters. The summed E-state index contributed by atoms with van der Waals surface area (Å²) < 4.78 is 25.9. The van der Waals surface area contributed by atoms with Gasteiger partial charge in [0.25, 0.3) is 0 Å². The Bertz CT molecular complexity index is 488. The maximum Gasteiger partial charge on any atom is 0.333 e. The molecule has 0 radical (unpaired) electrons. The molecule has 0 aliphatic carbocycles. The van der Waals surface area contributed by atoms with Crippen LogP contribution in [-0.2, 0) is 14.5 Å². The van der Waals surface area contributed by atoms with Crippen LogP contribution < -0.4 is 5.14 Å². The highest BCUT2D eigenvalue weighted by Crippen LogP contribution is 2.32. The molecular formula is C8H10Cl2N2O4S. The first-order chi connectivity index (χ1) is 7.72. The molecule has 3 N–H and O–H groups in total. The summed E-state index contributed by atoms with van der Waals surface area (Å²) >= 11 is 11.6. The van der Waals surface area contributed by atoms with Crippen LogP contribution in [0.1, 0.15) is 18.6 Å². The first-order valence-corrected chi connectivity index (χ1v) is 6.63. The average Bonchev–Trinajstić information content (AvgIpc) is 2.14. The molecule has 1 aromatic heterocycles. The molecule has 9 heteroatoms. The highest BCUT2D eigenvalue weighted by atomic mass is 35.5. The van der Waals surface area contributed by atoms with E-state index >= 15 is 0 Å². The van der Waals surface area contributed by atoms with Crippen molar-refractivity contribution in [3.63, 3.8) is 0 Å². The van der Waals surface area contributed by atoms with Gasteiger partial charge >= 0.3 is 10.3 Å². The molecule has 0 saturated heterocycles. The van der Waals surface area contributed by atoms with Gasteiger partial charge in [-0.3, -0.25) is 9.17 Å². The van der Waals surface area contributed by atoms with Gasteiger partial charge in [0.05, 0.1) is 10.0 Å². The topological polar surface area (TPSA) is 103 Å². The first kappa shape index (κ1) is 14.6. The Morgan fingerprint density at radius 2 is 1.88 bits per heavy atom. The van der Waals surface area contributed by atoms with Crippen molar-refractivity contribution in [3.05, 3.63) is 28.0 Å². The second-order valence-electron chi connectivity index (χ2n) is 3.26. The van der Waals surface area contributed by atoms with Crippen LogP contribution >= 0.6 is 23.2 Å². The van der Waals surface area contributed by atoms with E-state index in [1.807, 2.05) is 0 Å². The van der Waals surface area contributed by atoms with Crippen LogP contribution in [0.2, 0.25) is 10.0 Å². The molecule has 96 valence electrons. The molecule has 0 fully saturated rings. The smallest absolute Gasteiger partial charge is 0.333 e. The lowest BCUT2D eigenvalue weighted by Crippen LogP contribution is -2.27. The van der Waals surface area contributed by atoms with Crippen LogP contribution in [0.5, 0.6) is 0 Å². The lowest BCUT2D eigenvalue weighted by atomic mass is 10.1. The van der Waals surface area contributed by atoms with Gasteiger partial charge in [0.2, 0.25) is 0 Å². The van der Waals surface area contributed by atoms with Gasteiger partial charge in [-0.25, -0.2) is 5.14 Å². The zero-order valence-electron chi connectivity index (χ0n) is 8.67. The summed E-state index contributed by atoms with van der Waals surface area (Å²) in [4.78, 5) is 3.70. The molecule has 0 saturated carbocycles. The van der Waals surface area contributed by atoms with Gasteiger partial charge in [0.1, 0.15) is 12.2 Å². The lowest BCUT2D eigenvalue weighted by molar-refractivity contribution is 0.0509. The fourth-order valence-electron chi connectivity index (χ4n) is 1.20. The summed E-state index contributed by atoms with van der Waals surface area (Å²) in [7, 11) is -4.16. The lowest BCUT2D eigenvalue weighted by Gasteiger charge is -2.19. The van der Waals surface area contributed by atoms with Crippen molar-refractivity contribution in [1.29, 1.82) is 0 Å². The molecule has 0 aliphatic heterocycles. The number of nitrogens with zero attached hydrogens (tertiary/aromatic N) is 1. The van der Waals surface area contributed by atoms with Crippen molar-refractivity contribution in [2.24, 2.45) is 5.14 Å². The number of nitrogens with two attached hydrogens (primary N) is 1. The maximum atomic E-state index is 10.7. The van der Waals surface area contributed by atoms with Crippen LogP contribution in [-0.4, -0.2) is 24.6 Å². The van der Waals surface area contributed by atoms with Gasteiger partial charge in [0.15, 0.2) is 0 Å². The summed E-state index contributed by atoms with van der Waals surface area (Å²) in [6, 6.07) is 0. The monoisotopic (exact) mass is 300 g/mol. The number of hydrogen-bond donors (Lipinski definition) is 2. The summed E-state index contributed by atoms with van der Waals surface area (Å²) in [6.45, 7) is 1.32. The van der Waals surface area contributed by atoms with Gasteiger partial charge in [-0.2, -0.15) is 8.42 Å². The highest BCUT2D eigenvalue weighted by Gasteiger charge is 2.25. The Morgan fingerprint density at radius 3 is 2.29 bits per heavy atom. The van der Waals surface area contributed by atoms with E-state index in [2.05, 4.69) is 14.3 Å². The van der Waals surface area contributed by atoms with E-state index in [9.17, 15) is 13.5 Å². The minimum atomic E-state index is -4.16. The van der Waals surface area contributed by atoms with Gasteiger partial charge in [0, 0.05) is 18.0 Å². The van der Waals surface area contributed by atoms with Crippen LogP contribution in [0.4, 0.5) is 0 Å². The third kappa shape index (κ3) is 4.06. The second kappa shape index (κ2) is 5.47. The van der Waals surface area contributed by atoms with E-state index in [0.717, 1.165) is 0 Å². The van der Waals surface area contributed by atoms with Gasteiger partial charge in [-0.15, -0.1) is 0 Å². The number of rotatable bonds is 4. The van der Waals surface area contributed by atoms with E-state index in [0.29, 0.717) is 0 Å². The fourth-order valence-corrected chi connectivity index (χ4v) is 2.32. The number of halogens is 2. The molecule has 0 aliphatic rings. The fraction of sp³-hybridized carbons (Fsp3) is 0.375. The first-order valence-electron chi connectivity index (χ1n) is 4.40. The summed E-state index contributed by atoms with van der Waals surface area (Å²) in [5.74, 6) is 0. The largest absolute Gasteiger partial charge is 0.386 e. The van der Waals surface area contributed by atoms with E-state index in [1.54, 1.807) is 0 Å². The number of hydrogen-bond acceptors (Lipinski definition) is 5. The zero-order valence-corrected chi connectivity index (χ0v) is 11.0. The Balaban J connectivity index is 3.00. The Hall–Kier alpha value is -0.440. The van der Waals surface area contributed by atoms with Crippen molar-refractivity contribution in [2.75, 3.05) is 0 Å². The van der Waals surface area contributed by atoms with Crippen molar-refractivity contribution in [1.82, 2.24) is 4.98 Å². The predicted octanol–water partition coefficient (Wildman–Crippen LogP) is 1.03. The standard InChI is InChI=1S/C8H10Cl2N2O4S/c1-4(16-17(11,14)15)8(13)7-5(9)2-12-3-6(7)10/h2-4,8,13H,1H3,(H2,11,14,15). The molecule has 0 spiro atoms. The number of aliphatic hydroxyl groups excluding tert-OH is 1. The number of aliphatic hydroxyl groups is 1. The predicted molar refractivity (Wildman–Crippen MR) is 62.9 cm³/mol. The van der Waals surface area contributed by atoms with Crippen LogP contribution in [0.25, 0.3) is 0 Å². The molecule has 1 rings (SSSR count). The zero-order chi connectivity index (χ0) is 13.2. The third-order valence-electron chi connectivity index (χ3n) is 1.92. The maximum absolute atomic E-state index is 10.7. The highest BCUT2D eigenvalue weighted by molar-refractivity contribution is 7.84. The number of pyridine rings is 1. The summed E-state index contributed by atoms with van der Waals surface area (Å²) in [5.41, 5.74) is 0.138. The van der Waals surface area contributed by atoms with Crippen LogP contribution in [0.15, 0.2) is 12.4 Å². The molecule has 2 unspecified atom stereocenters. The minimum Gasteiger partial charge on any atom is -0.386 e. The molecule has 17 heavy (non-hydrogen) atoms. The Kier molecular flexibility index (Phi) is 4.70. The normalized spacial score (nSPS) is 15.6. The van der Waals surface area contributed by atoms with Gasteiger partial charge in [-0.1, -0.05) is 23.2 Å². The third-order valence-corrected chi connectivity index (χ3v) is 3.09. The average molecular weight is 301 g/mol. The molecular weight excluding hydrogens is 291 g/mol. The van der Waals surface area contributed by atoms with Crippen molar-refractivity contribution in [3.8, 4) is 0 Å². The molecule has 1 aromatic rings. The Labute approximate surface area is 109 Å². The van der Waals surface area contributed by atoms with E-state index in [4.69, 9.17) is 23.2 Å². The molecule has 0 bridgehead atoms. The van der Waals surface area contributed by atoms with Crippen molar-refractivity contribution < 1.29 is 17.7 Å². The van der Waals surface area contributed by atoms with E-state index < -0.39 is 22.5 Å². The van der Waals surface area contributed by atoms with Gasteiger partial charge < -0.3 is 5.11 Å². The molecule has 0 aromatic carbocycles. The van der Waals surface area contributed by atoms with Crippen LogP contribution in [0.3, 0.4) is 0 Å². The summed E-state index contributed by atoms with van der Waals surface area (Å²) in [5, 5.41) is 14.8. The molecule has 6 nitrogen and oxygen atoms in total. The second-order valence-corrected chi connectivity index (χ2v) is 5.25. The van der Waals surface area contributed by atoms with Gasteiger partial charge in [-0.05, 0) is 6.92 Å². The van der Waals surface area contributed by atoms with E-state index in [-0.39, 0.29) is 15.6 Å². The quantitative estimate of drug-likeness (QED) is 0.864.